The molecule has 1 saturated carbocycles. The molecule has 0 saturated heterocycles. The van der Waals surface area contributed by atoms with E-state index in [1.165, 1.54) is 70.8 Å². The number of nitrogens with zero attached hydrogens (tertiary/aromatic N) is 1. The zero-order valence-electron chi connectivity index (χ0n) is 20.4. The summed E-state index contributed by atoms with van der Waals surface area (Å²) in [5.41, 5.74) is 9.56. The Morgan fingerprint density at radius 1 is 0.931 bits per heavy atom. The summed E-state index contributed by atoms with van der Waals surface area (Å²) < 4.78 is 21.0. The number of hydrogen-bond donors (Lipinski definition) is 0. The van der Waals surface area contributed by atoms with Gasteiger partial charge in [0.05, 0.1) is 0 Å². The zero-order valence-corrected chi connectivity index (χ0v) is 18.4. The first kappa shape index (κ1) is 16.6. The fraction of sp³-hybridized carbons (Fsp3) is 0.464. The number of para-hydroxylation sites is 1. The van der Waals surface area contributed by atoms with Gasteiger partial charge in [0.15, 0.2) is 0 Å². The van der Waals surface area contributed by atoms with E-state index in [0.717, 1.165) is 17.7 Å². The molecular formula is C28H34N+. The molecule has 1 heterocycles. The van der Waals surface area contributed by atoms with Crippen molar-refractivity contribution in [3.8, 4) is 11.3 Å². The van der Waals surface area contributed by atoms with Crippen LogP contribution >= 0.6 is 0 Å². The van der Waals surface area contributed by atoms with Crippen molar-refractivity contribution in [2.24, 2.45) is 12.5 Å². The Labute approximate surface area is 178 Å². The molecule has 0 unspecified atom stereocenters. The lowest BCUT2D eigenvalue weighted by atomic mass is 9.63. The topological polar surface area (TPSA) is 3.88 Å². The summed E-state index contributed by atoms with van der Waals surface area (Å²) in [5.74, 6) is 0. The molecule has 1 aromatic heterocycles. The Morgan fingerprint density at radius 2 is 1.69 bits per heavy atom. The second kappa shape index (κ2) is 6.97. The Hall–Kier alpha value is -2.15. The minimum atomic E-state index is -1.33. The van der Waals surface area contributed by atoms with E-state index >= 15 is 0 Å². The summed E-state index contributed by atoms with van der Waals surface area (Å²) in [6.45, 7) is 6.51. The highest BCUT2D eigenvalue weighted by Crippen LogP contribution is 2.49. The summed E-state index contributed by atoms with van der Waals surface area (Å²) in [4.78, 5) is 0. The normalized spacial score (nSPS) is 21.0. The molecular weight excluding hydrogens is 350 g/mol. The van der Waals surface area contributed by atoms with Gasteiger partial charge in [0.1, 0.15) is 7.05 Å². The van der Waals surface area contributed by atoms with Crippen molar-refractivity contribution in [1.29, 1.82) is 0 Å². The number of rotatable bonds is 1. The Morgan fingerprint density at radius 3 is 2.48 bits per heavy atom. The maximum absolute atomic E-state index is 9.36. The lowest BCUT2D eigenvalue weighted by molar-refractivity contribution is -0.634. The van der Waals surface area contributed by atoms with E-state index in [4.69, 9.17) is 0 Å². The summed E-state index contributed by atoms with van der Waals surface area (Å²) in [6, 6.07) is 13.1. The van der Waals surface area contributed by atoms with Crippen LogP contribution in [0.15, 0.2) is 36.4 Å². The van der Waals surface area contributed by atoms with Gasteiger partial charge < -0.3 is 0 Å². The third kappa shape index (κ3) is 3.01. The monoisotopic (exact) mass is 386 g/mol. The van der Waals surface area contributed by atoms with E-state index < -0.39 is 6.37 Å². The van der Waals surface area contributed by atoms with Gasteiger partial charge in [-0.2, -0.15) is 4.57 Å². The number of pyridine rings is 1. The number of aromatic nitrogens is 1. The van der Waals surface area contributed by atoms with Crippen molar-refractivity contribution >= 4 is 10.9 Å². The van der Waals surface area contributed by atoms with Crippen LogP contribution in [0.4, 0.5) is 0 Å². The van der Waals surface area contributed by atoms with Crippen molar-refractivity contribution in [3.05, 3.63) is 64.2 Å². The van der Waals surface area contributed by atoms with Crippen LogP contribution in [0.5, 0.6) is 0 Å². The maximum Gasteiger partial charge on any atom is 0.216 e. The highest BCUT2D eigenvalue weighted by molar-refractivity contribution is 5.84. The number of benzene rings is 2. The van der Waals surface area contributed by atoms with Crippen LogP contribution in [-0.2, 0) is 19.8 Å². The van der Waals surface area contributed by atoms with Gasteiger partial charge in [-0.3, -0.25) is 0 Å². The Bertz CT molecular complexity index is 1190. The predicted octanol–water partition coefficient (Wildman–Crippen LogP) is 6.70. The van der Waals surface area contributed by atoms with Crippen molar-refractivity contribution < 1.29 is 7.31 Å². The second-order valence-electron chi connectivity index (χ2n) is 9.62. The summed E-state index contributed by atoms with van der Waals surface area (Å²) >= 11 is 0. The van der Waals surface area contributed by atoms with E-state index in [1.807, 2.05) is 0 Å². The van der Waals surface area contributed by atoms with E-state index in [0.29, 0.717) is 6.42 Å². The van der Waals surface area contributed by atoms with Crippen LogP contribution in [0.25, 0.3) is 22.2 Å². The van der Waals surface area contributed by atoms with Gasteiger partial charge in [0, 0.05) is 25.3 Å². The Balaban J connectivity index is 1.89. The molecule has 0 N–H and O–H groups in total. The standard InChI is InChI=1S/C28H34N/c1-19-16-20(2)21(3)24(17-19)27-23-12-15-28(13-8-5-9-14-28)18-25(23)22-10-6-7-11-26(22)29(27)4/h6-7,10-11,16-17H,5,8-9,12-15,18H2,1-4H3/q+1/i12D2. The van der Waals surface area contributed by atoms with Gasteiger partial charge in [-0.15, -0.1) is 0 Å². The zero-order chi connectivity index (χ0) is 22.0. The van der Waals surface area contributed by atoms with Gasteiger partial charge in [0.25, 0.3) is 0 Å². The molecule has 0 aliphatic heterocycles. The number of fused-ring (bicyclic) bond motifs is 3. The van der Waals surface area contributed by atoms with Crippen molar-refractivity contribution in [1.82, 2.24) is 0 Å². The smallest absolute Gasteiger partial charge is 0.194 e. The van der Waals surface area contributed by atoms with Gasteiger partial charge in [0.2, 0.25) is 11.2 Å². The second-order valence-corrected chi connectivity index (χ2v) is 9.62. The van der Waals surface area contributed by atoms with Crippen LogP contribution in [-0.4, -0.2) is 0 Å². The van der Waals surface area contributed by atoms with Crippen molar-refractivity contribution in [3.63, 3.8) is 0 Å². The minimum Gasteiger partial charge on any atom is -0.194 e. The van der Waals surface area contributed by atoms with Gasteiger partial charge in [-0.1, -0.05) is 43.0 Å². The van der Waals surface area contributed by atoms with Crippen LogP contribution in [0, 0.1) is 26.2 Å². The third-order valence-electron chi connectivity index (χ3n) is 7.64. The van der Waals surface area contributed by atoms with Crippen LogP contribution in [0.3, 0.4) is 0 Å². The molecule has 5 rings (SSSR count). The van der Waals surface area contributed by atoms with E-state index in [-0.39, 0.29) is 5.41 Å². The predicted molar refractivity (Wildman–Crippen MR) is 122 cm³/mol. The average Bonchev–Trinajstić information content (AvgIpc) is 2.72. The third-order valence-corrected chi connectivity index (χ3v) is 7.64. The molecule has 2 aliphatic carbocycles. The van der Waals surface area contributed by atoms with E-state index in [9.17, 15) is 2.74 Å². The molecule has 0 bridgehead atoms. The highest BCUT2D eigenvalue weighted by Gasteiger charge is 2.39. The first-order valence-electron chi connectivity index (χ1n) is 12.2. The molecule has 1 spiro atoms. The van der Waals surface area contributed by atoms with E-state index in [1.54, 1.807) is 0 Å². The molecule has 1 fully saturated rings. The van der Waals surface area contributed by atoms with Crippen molar-refractivity contribution in [2.45, 2.75) is 72.1 Å². The van der Waals surface area contributed by atoms with Gasteiger partial charge in [-0.05, 0) is 87.1 Å². The number of hydrogen-bond acceptors (Lipinski definition) is 0. The summed E-state index contributed by atoms with van der Waals surface area (Å²) in [7, 11) is 2.12. The fourth-order valence-corrected chi connectivity index (χ4v) is 5.93. The largest absolute Gasteiger partial charge is 0.216 e. The molecule has 0 atom stereocenters. The molecule has 29 heavy (non-hydrogen) atoms. The Kier molecular flexibility index (Phi) is 4.00. The fourth-order valence-electron chi connectivity index (χ4n) is 5.93. The quantitative estimate of drug-likeness (QED) is 0.410. The average molecular weight is 387 g/mol. The summed E-state index contributed by atoms with van der Waals surface area (Å²) in [6.07, 6.45) is 6.46. The molecule has 0 radical (unpaired) electrons. The van der Waals surface area contributed by atoms with Gasteiger partial charge in [-0.25, -0.2) is 0 Å². The van der Waals surface area contributed by atoms with Crippen LogP contribution in [0.2, 0.25) is 0 Å². The van der Waals surface area contributed by atoms with E-state index in [2.05, 4.69) is 68.8 Å². The molecule has 1 heteroatoms. The number of aryl methyl sites for hydroxylation is 3. The molecule has 0 amide bonds. The van der Waals surface area contributed by atoms with Crippen LogP contribution < -0.4 is 4.57 Å². The molecule has 2 aliphatic rings. The minimum absolute atomic E-state index is 0.117. The first-order valence-corrected chi connectivity index (χ1v) is 11.2. The summed E-state index contributed by atoms with van der Waals surface area (Å²) in [5, 5.41) is 1.24. The first-order chi connectivity index (χ1) is 14.7. The SMILES string of the molecule is [2H]C1([2H])CC2(CCCCC2)Cc2c1c(-c1cc(C)cc(C)c1C)[n+](C)c1ccccc21. The van der Waals surface area contributed by atoms with Crippen molar-refractivity contribution in [2.75, 3.05) is 0 Å². The van der Waals surface area contributed by atoms with Gasteiger partial charge >= 0.3 is 0 Å². The maximum atomic E-state index is 9.36. The molecule has 150 valence electrons. The highest BCUT2D eigenvalue weighted by atomic mass is 14.9. The molecule has 3 aromatic rings. The van der Waals surface area contributed by atoms with Crippen LogP contribution in [0.1, 0.15) is 69.1 Å². The lowest BCUT2D eigenvalue weighted by Gasteiger charge is -2.41. The molecule has 2 aromatic carbocycles. The molecule has 1 nitrogen and oxygen atoms in total. The lowest BCUT2D eigenvalue weighted by Crippen LogP contribution is -2.38.